The zero-order chi connectivity index (χ0) is 12.1. The van der Waals surface area contributed by atoms with Crippen LogP contribution in [-0.4, -0.2) is 31.4 Å². The molecule has 2 rings (SSSR count). The second-order valence-electron chi connectivity index (χ2n) is 5.37. The van der Waals surface area contributed by atoms with E-state index in [1.54, 1.807) is 0 Å². The summed E-state index contributed by atoms with van der Waals surface area (Å²) in [4.78, 5) is 2.16. The molecule has 0 unspecified atom stereocenters. The van der Waals surface area contributed by atoms with Crippen LogP contribution in [0.2, 0.25) is 0 Å². The molecule has 1 heterocycles. The van der Waals surface area contributed by atoms with Crippen molar-refractivity contribution >= 4 is 17.1 Å². The summed E-state index contributed by atoms with van der Waals surface area (Å²) in [5.74, 6) is 0. The Hall–Kier alpha value is -1.31. The molecule has 0 saturated carbocycles. The van der Waals surface area contributed by atoms with Crippen molar-refractivity contribution in [2.24, 2.45) is 0 Å². The summed E-state index contributed by atoms with van der Waals surface area (Å²) >= 11 is 0. The Labute approximate surface area is 98.2 Å². The van der Waals surface area contributed by atoms with Crippen LogP contribution >= 0.6 is 0 Å². The van der Waals surface area contributed by atoms with E-state index in [4.69, 9.17) is 0 Å². The van der Waals surface area contributed by atoms with E-state index in [0.717, 1.165) is 0 Å². The van der Waals surface area contributed by atoms with Crippen molar-refractivity contribution < 1.29 is 4.58 Å². The molecule has 1 aliphatic heterocycles. The Balaban J connectivity index is 2.63. The minimum Gasteiger partial charge on any atom is -0.378 e. The fourth-order valence-electron chi connectivity index (χ4n) is 2.39. The summed E-state index contributed by atoms with van der Waals surface area (Å²) in [7, 11) is 6.33. The van der Waals surface area contributed by atoms with Gasteiger partial charge in [0.2, 0.25) is 5.69 Å². The molecule has 0 atom stereocenters. The van der Waals surface area contributed by atoms with Gasteiger partial charge >= 0.3 is 0 Å². The number of rotatable bonds is 1. The summed E-state index contributed by atoms with van der Waals surface area (Å²) in [5, 5.41) is 0. The van der Waals surface area contributed by atoms with Gasteiger partial charge in [-0.3, -0.25) is 0 Å². The summed E-state index contributed by atoms with van der Waals surface area (Å²) in [6.07, 6.45) is 0. The molecule has 16 heavy (non-hydrogen) atoms. The average molecular weight is 217 g/mol. The van der Waals surface area contributed by atoms with E-state index in [1.165, 1.54) is 22.6 Å². The van der Waals surface area contributed by atoms with Gasteiger partial charge in [0.1, 0.15) is 7.05 Å². The predicted octanol–water partition coefficient (Wildman–Crippen LogP) is 2.78. The van der Waals surface area contributed by atoms with Gasteiger partial charge in [-0.15, -0.1) is 0 Å². The van der Waals surface area contributed by atoms with E-state index in [-0.39, 0.29) is 5.41 Å². The zero-order valence-corrected chi connectivity index (χ0v) is 11.1. The Morgan fingerprint density at radius 1 is 1.19 bits per heavy atom. The van der Waals surface area contributed by atoms with Gasteiger partial charge in [0, 0.05) is 38.3 Å². The van der Waals surface area contributed by atoms with Gasteiger partial charge in [-0.05, 0) is 26.0 Å². The maximum atomic E-state index is 2.31. The summed E-state index contributed by atoms with van der Waals surface area (Å²) in [6.45, 7) is 6.81. The Morgan fingerprint density at radius 3 is 2.38 bits per heavy atom. The van der Waals surface area contributed by atoms with E-state index < -0.39 is 0 Å². The minimum atomic E-state index is 0.149. The molecular formula is C14H21N2+. The molecule has 1 aliphatic rings. The summed E-state index contributed by atoms with van der Waals surface area (Å²) in [5.41, 5.74) is 5.61. The topological polar surface area (TPSA) is 6.25 Å². The van der Waals surface area contributed by atoms with Crippen molar-refractivity contribution in [1.82, 2.24) is 0 Å². The van der Waals surface area contributed by atoms with Crippen LogP contribution in [0, 0.1) is 0 Å². The van der Waals surface area contributed by atoms with Crippen LogP contribution in [0.15, 0.2) is 18.2 Å². The molecule has 0 bridgehead atoms. The molecule has 2 heteroatoms. The first-order valence-corrected chi connectivity index (χ1v) is 5.75. The fraction of sp³-hybridized carbons (Fsp3) is 0.500. The molecule has 0 aromatic heterocycles. The lowest BCUT2D eigenvalue weighted by Gasteiger charge is -2.18. The van der Waals surface area contributed by atoms with Crippen molar-refractivity contribution in [2.45, 2.75) is 26.2 Å². The van der Waals surface area contributed by atoms with E-state index in [1.807, 2.05) is 0 Å². The Kier molecular flexibility index (Phi) is 2.33. The Bertz CT molecular complexity index is 468. The summed E-state index contributed by atoms with van der Waals surface area (Å²) < 4.78 is 2.30. The normalized spacial score (nSPS) is 17.6. The molecular weight excluding hydrogens is 196 g/mol. The number of nitrogens with zero attached hydrogens (tertiary/aromatic N) is 2. The molecule has 1 aromatic carbocycles. The van der Waals surface area contributed by atoms with Crippen LogP contribution in [0.5, 0.6) is 0 Å². The third-order valence-corrected chi connectivity index (χ3v) is 3.94. The number of hydrogen-bond donors (Lipinski definition) is 0. The predicted molar refractivity (Wildman–Crippen MR) is 70.3 cm³/mol. The van der Waals surface area contributed by atoms with E-state index >= 15 is 0 Å². The van der Waals surface area contributed by atoms with Crippen LogP contribution in [0.4, 0.5) is 11.4 Å². The van der Waals surface area contributed by atoms with E-state index in [0.29, 0.717) is 0 Å². The largest absolute Gasteiger partial charge is 0.378 e. The first-order valence-electron chi connectivity index (χ1n) is 5.75. The van der Waals surface area contributed by atoms with Gasteiger partial charge in [-0.2, -0.15) is 0 Å². The highest BCUT2D eigenvalue weighted by Gasteiger charge is 2.41. The van der Waals surface area contributed by atoms with Crippen molar-refractivity contribution in [3.8, 4) is 0 Å². The fourth-order valence-corrected chi connectivity index (χ4v) is 2.39. The smallest absolute Gasteiger partial charge is 0.209 e. The number of benzene rings is 1. The van der Waals surface area contributed by atoms with Crippen LogP contribution < -0.4 is 4.90 Å². The molecule has 0 saturated heterocycles. The van der Waals surface area contributed by atoms with Gasteiger partial charge in [-0.1, -0.05) is 0 Å². The molecule has 0 fully saturated rings. The molecule has 0 aliphatic carbocycles. The highest BCUT2D eigenvalue weighted by atomic mass is 15.1. The van der Waals surface area contributed by atoms with E-state index in [2.05, 4.69) is 69.6 Å². The third-order valence-electron chi connectivity index (χ3n) is 3.94. The lowest BCUT2D eigenvalue weighted by molar-refractivity contribution is -0.403. The van der Waals surface area contributed by atoms with Gasteiger partial charge in [0.25, 0.3) is 0 Å². The van der Waals surface area contributed by atoms with Crippen molar-refractivity contribution in [3.63, 3.8) is 0 Å². The monoisotopic (exact) mass is 217 g/mol. The second-order valence-corrected chi connectivity index (χ2v) is 5.37. The molecule has 0 spiro atoms. The maximum absolute atomic E-state index is 2.31. The zero-order valence-electron chi connectivity index (χ0n) is 11.1. The minimum absolute atomic E-state index is 0.149. The first kappa shape index (κ1) is 11.2. The third kappa shape index (κ3) is 1.36. The van der Waals surface area contributed by atoms with E-state index in [9.17, 15) is 0 Å². The van der Waals surface area contributed by atoms with Crippen molar-refractivity contribution in [2.75, 3.05) is 26.0 Å². The highest BCUT2D eigenvalue weighted by molar-refractivity contribution is 5.93. The lowest BCUT2D eigenvalue weighted by atomic mass is 9.82. The molecule has 0 amide bonds. The number of hydrogen-bond acceptors (Lipinski definition) is 1. The second kappa shape index (κ2) is 3.34. The maximum Gasteiger partial charge on any atom is 0.209 e. The highest BCUT2D eigenvalue weighted by Crippen LogP contribution is 2.40. The average Bonchev–Trinajstić information content (AvgIpc) is 2.40. The van der Waals surface area contributed by atoms with Crippen LogP contribution in [0.1, 0.15) is 26.3 Å². The van der Waals surface area contributed by atoms with Crippen LogP contribution in [0.25, 0.3) is 0 Å². The SMILES string of the molecule is CC1=[N+](C)c2ccc(N(C)C)cc2C1(C)C. The number of anilines is 1. The molecule has 2 nitrogen and oxygen atoms in total. The van der Waals surface area contributed by atoms with Gasteiger partial charge in [0.05, 0.1) is 5.41 Å². The van der Waals surface area contributed by atoms with Crippen molar-refractivity contribution in [3.05, 3.63) is 23.8 Å². The molecule has 0 radical (unpaired) electrons. The first-order chi connectivity index (χ1) is 7.35. The van der Waals surface area contributed by atoms with Gasteiger partial charge in [0.15, 0.2) is 5.71 Å². The van der Waals surface area contributed by atoms with Crippen molar-refractivity contribution in [1.29, 1.82) is 0 Å². The Morgan fingerprint density at radius 2 is 1.81 bits per heavy atom. The number of fused-ring (bicyclic) bond motifs is 1. The standard InChI is InChI=1S/C14H21N2/c1-10-14(2,3)12-9-11(15(4)5)7-8-13(12)16(10)6/h7-9H,1-6H3/q+1. The van der Waals surface area contributed by atoms with Crippen LogP contribution in [0.3, 0.4) is 0 Å². The lowest BCUT2D eigenvalue weighted by Crippen LogP contribution is -2.25. The quantitative estimate of drug-likeness (QED) is 0.656. The molecule has 0 N–H and O–H groups in total. The van der Waals surface area contributed by atoms with Crippen LogP contribution in [-0.2, 0) is 5.41 Å². The molecule has 86 valence electrons. The molecule has 1 aromatic rings. The van der Waals surface area contributed by atoms with Gasteiger partial charge in [-0.25, -0.2) is 4.58 Å². The van der Waals surface area contributed by atoms with Gasteiger partial charge < -0.3 is 4.90 Å². The summed E-state index contributed by atoms with van der Waals surface area (Å²) in [6, 6.07) is 6.72.